The van der Waals surface area contributed by atoms with E-state index in [1.165, 1.54) is 18.4 Å². The average Bonchev–Trinajstić information content (AvgIpc) is 3.31. The Morgan fingerprint density at radius 1 is 1.25 bits per heavy atom. The van der Waals surface area contributed by atoms with Crippen LogP contribution in [0.4, 0.5) is 0 Å². The molecule has 3 nitrogen and oxygen atoms in total. The maximum atomic E-state index is 6.06. The topological polar surface area (TPSA) is 30.5 Å². The smallest absolute Gasteiger partial charge is 0.123 e. The number of hydrogen-bond acceptors (Lipinski definition) is 3. The van der Waals surface area contributed by atoms with E-state index in [4.69, 9.17) is 9.47 Å². The Morgan fingerprint density at radius 3 is 2.60 bits per heavy atom. The maximum Gasteiger partial charge on any atom is 0.123 e. The molecule has 1 N–H and O–H groups in total. The quantitative estimate of drug-likeness (QED) is 0.749. The van der Waals surface area contributed by atoms with Crippen LogP contribution < -0.4 is 10.1 Å². The summed E-state index contributed by atoms with van der Waals surface area (Å²) in [7, 11) is 1.74. The van der Waals surface area contributed by atoms with Crippen molar-refractivity contribution in [1.82, 2.24) is 5.32 Å². The molecule has 20 heavy (non-hydrogen) atoms. The van der Waals surface area contributed by atoms with Crippen LogP contribution in [0.15, 0.2) is 24.3 Å². The highest BCUT2D eigenvalue weighted by Crippen LogP contribution is 2.41. The van der Waals surface area contributed by atoms with E-state index in [2.05, 4.69) is 31.3 Å². The zero-order valence-corrected chi connectivity index (χ0v) is 12.9. The Kier molecular flexibility index (Phi) is 5.86. The van der Waals surface area contributed by atoms with Crippen molar-refractivity contribution < 1.29 is 9.47 Å². The van der Waals surface area contributed by atoms with Crippen LogP contribution in [0.1, 0.15) is 44.7 Å². The Morgan fingerprint density at radius 2 is 2.00 bits per heavy atom. The molecular formula is C17H27NO2. The molecule has 0 saturated heterocycles. The van der Waals surface area contributed by atoms with Crippen molar-refractivity contribution in [1.29, 1.82) is 0 Å². The van der Waals surface area contributed by atoms with E-state index in [0.29, 0.717) is 5.92 Å². The standard InChI is InChI=1S/C17H27NO2/c1-4-12-18-16(17(20-5-2)13-10-11-13)14-8-6-7-9-15(14)19-3/h6-9,13,16-18H,4-5,10-12H2,1-3H3. The Bertz CT molecular complexity index is 404. The van der Waals surface area contributed by atoms with Gasteiger partial charge in [0.15, 0.2) is 0 Å². The zero-order chi connectivity index (χ0) is 14.4. The number of rotatable bonds is 9. The molecule has 0 aliphatic heterocycles. The minimum atomic E-state index is 0.221. The largest absolute Gasteiger partial charge is 0.496 e. The van der Waals surface area contributed by atoms with E-state index in [9.17, 15) is 0 Å². The van der Waals surface area contributed by atoms with Gasteiger partial charge in [0.25, 0.3) is 0 Å². The van der Waals surface area contributed by atoms with Gasteiger partial charge < -0.3 is 14.8 Å². The van der Waals surface area contributed by atoms with E-state index >= 15 is 0 Å². The van der Waals surface area contributed by atoms with Crippen LogP contribution in [0, 0.1) is 5.92 Å². The highest BCUT2D eigenvalue weighted by atomic mass is 16.5. The SMILES string of the molecule is CCCNC(c1ccccc1OC)C(OCC)C1CC1. The van der Waals surface area contributed by atoms with E-state index in [0.717, 1.165) is 25.3 Å². The molecule has 1 aliphatic rings. The van der Waals surface area contributed by atoms with Gasteiger partial charge in [-0.3, -0.25) is 0 Å². The lowest BCUT2D eigenvalue weighted by atomic mass is 9.96. The van der Waals surface area contributed by atoms with Crippen molar-refractivity contribution in [3.63, 3.8) is 0 Å². The second kappa shape index (κ2) is 7.65. The van der Waals surface area contributed by atoms with Gasteiger partial charge in [-0.1, -0.05) is 25.1 Å². The fourth-order valence-electron chi connectivity index (χ4n) is 2.75. The van der Waals surface area contributed by atoms with Crippen LogP contribution in [0.25, 0.3) is 0 Å². The van der Waals surface area contributed by atoms with E-state index in [1.54, 1.807) is 7.11 Å². The average molecular weight is 277 g/mol. The van der Waals surface area contributed by atoms with E-state index in [-0.39, 0.29) is 12.1 Å². The monoisotopic (exact) mass is 277 g/mol. The van der Waals surface area contributed by atoms with Crippen molar-refractivity contribution in [3.05, 3.63) is 29.8 Å². The first-order valence-corrected chi connectivity index (χ1v) is 7.79. The van der Waals surface area contributed by atoms with Gasteiger partial charge in [-0.15, -0.1) is 0 Å². The van der Waals surface area contributed by atoms with Crippen LogP contribution in [0.5, 0.6) is 5.75 Å². The zero-order valence-electron chi connectivity index (χ0n) is 12.9. The summed E-state index contributed by atoms with van der Waals surface area (Å²) >= 11 is 0. The molecular weight excluding hydrogens is 250 g/mol. The predicted octanol–water partition coefficient (Wildman–Crippen LogP) is 3.55. The number of hydrogen-bond donors (Lipinski definition) is 1. The van der Waals surface area contributed by atoms with Crippen molar-refractivity contribution in [3.8, 4) is 5.75 Å². The molecule has 2 rings (SSSR count). The van der Waals surface area contributed by atoms with Crippen LogP contribution in [-0.2, 0) is 4.74 Å². The van der Waals surface area contributed by atoms with Gasteiger partial charge in [0, 0.05) is 12.2 Å². The van der Waals surface area contributed by atoms with Crippen molar-refractivity contribution in [2.24, 2.45) is 5.92 Å². The fraction of sp³-hybridized carbons (Fsp3) is 0.647. The summed E-state index contributed by atoms with van der Waals surface area (Å²) in [5.41, 5.74) is 1.22. The molecule has 112 valence electrons. The molecule has 1 aliphatic carbocycles. The molecule has 0 spiro atoms. The molecule has 3 heteroatoms. The third-order valence-corrected chi connectivity index (χ3v) is 3.86. The number of benzene rings is 1. The van der Waals surface area contributed by atoms with Crippen LogP contribution in [-0.4, -0.2) is 26.4 Å². The summed E-state index contributed by atoms with van der Waals surface area (Å²) in [6.45, 7) is 6.03. The summed E-state index contributed by atoms with van der Waals surface area (Å²) in [6.07, 6.45) is 3.94. The third kappa shape index (κ3) is 3.74. The number of nitrogens with one attached hydrogen (secondary N) is 1. The number of para-hydroxylation sites is 1. The molecule has 0 radical (unpaired) electrons. The van der Waals surface area contributed by atoms with E-state index < -0.39 is 0 Å². The Hall–Kier alpha value is -1.06. The molecule has 1 fully saturated rings. The lowest BCUT2D eigenvalue weighted by Gasteiger charge is -2.29. The van der Waals surface area contributed by atoms with Gasteiger partial charge in [-0.25, -0.2) is 0 Å². The normalized spacial score (nSPS) is 17.8. The van der Waals surface area contributed by atoms with Crippen molar-refractivity contribution in [2.45, 2.75) is 45.3 Å². The minimum Gasteiger partial charge on any atom is -0.496 e. The number of ether oxygens (including phenoxy) is 2. The molecule has 0 amide bonds. The molecule has 0 aromatic heterocycles. The molecule has 1 saturated carbocycles. The second-order valence-corrected chi connectivity index (χ2v) is 5.43. The van der Waals surface area contributed by atoms with E-state index in [1.807, 2.05) is 12.1 Å². The summed E-state index contributed by atoms with van der Waals surface area (Å²) < 4.78 is 11.6. The first-order chi connectivity index (χ1) is 9.81. The highest BCUT2D eigenvalue weighted by Gasteiger charge is 2.38. The molecule has 1 aromatic rings. The van der Waals surface area contributed by atoms with Crippen molar-refractivity contribution >= 4 is 0 Å². The summed E-state index contributed by atoms with van der Waals surface area (Å²) in [5, 5.41) is 3.66. The first-order valence-electron chi connectivity index (χ1n) is 7.79. The minimum absolute atomic E-state index is 0.221. The summed E-state index contributed by atoms with van der Waals surface area (Å²) in [6, 6.07) is 8.51. The Balaban J connectivity index is 2.24. The molecule has 2 unspecified atom stereocenters. The van der Waals surface area contributed by atoms with Gasteiger partial charge in [0.2, 0.25) is 0 Å². The second-order valence-electron chi connectivity index (χ2n) is 5.43. The predicted molar refractivity (Wildman–Crippen MR) is 82.2 cm³/mol. The van der Waals surface area contributed by atoms with Gasteiger partial charge in [-0.2, -0.15) is 0 Å². The lowest BCUT2D eigenvalue weighted by Crippen LogP contribution is -2.36. The number of methoxy groups -OCH3 is 1. The van der Waals surface area contributed by atoms with Crippen LogP contribution >= 0.6 is 0 Å². The summed E-state index contributed by atoms with van der Waals surface area (Å²) in [4.78, 5) is 0. The Labute approximate surface area is 122 Å². The van der Waals surface area contributed by atoms with Crippen molar-refractivity contribution in [2.75, 3.05) is 20.3 Å². The lowest BCUT2D eigenvalue weighted by molar-refractivity contribution is 0.0180. The van der Waals surface area contributed by atoms with Gasteiger partial charge in [0.05, 0.1) is 19.3 Å². The molecule has 2 atom stereocenters. The highest BCUT2D eigenvalue weighted by molar-refractivity contribution is 5.37. The maximum absolute atomic E-state index is 6.06. The van der Waals surface area contributed by atoms with Gasteiger partial charge in [0.1, 0.15) is 5.75 Å². The molecule has 0 bridgehead atoms. The first kappa shape index (κ1) is 15.3. The van der Waals surface area contributed by atoms with Crippen LogP contribution in [0.2, 0.25) is 0 Å². The molecule has 0 heterocycles. The fourth-order valence-corrected chi connectivity index (χ4v) is 2.75. The molecule has 1 aromatic carbocycles. The van der Waals surface area contributed by atoms with Gasteiger partial charge >= 0.3 is 0 Å². The van der Waals surface area contributed by atoms with Crippen LogP contribution in [0.3, 0.4) is 0 Å². The van der Waals surface area contributed by atoms with Gasteiger partial charge in [-0.05, 0) is 44.7 Å². The summed E-state index contributed by atoms with van der Waals surface area (Å²) in [5.74, 6) is 1.64. The third-order valence-electron chi connectivity index (χ3n) is 3.86.